The quantitative estimate of drug-likeness (QED) is 0.596. The molecule has 23 heavy (non-hydrogen) atoms. The molecule has 0 saturated carbocycles. The Morgan fingerprint density at radius 2 is 1.35 bits per heavy atom. The van der Waals surface area contributed by atoms with Gasteiger partial charge in [-0.3, -0.25) is 4.79 Å². The highest BCUT2D eigenvalue weighted by Gasteiger charge is 2.23. The van der Waals surface area contributed by atoms with E-state index >= 15 is 0 Å². The molecule has 0 aromatic heterocycles. The van der Waals surface area contributed by atoms with E-state index in [1.54, 1.807) is 0 Å². The summed E-state index contributed by atoms with van der Waals surface area (Å²) < 4.78 is 0. The summed E-state index contributed by atoms with van der Waals surface area (Å²) in [5, 5.41) is 0. The molecule has 0 amide bonds. The van der Waals surface area contributed by atoms with Crippen LogP contribution in [0.3, 0.4) is 0 Å². The van der Waals surface area contributed by atoms with Crippen LogP contribution in [0.4, 0.5) is 0 Å². The SMILES string of the molecule is O=C1/C(=C/c2ccc(-c3ccccc3)cc2)Cc2ccccc21. The monoisotopic (exact) mass is 296 g/mol. The first-order chi connectivity index (χ1) is 11.3. The molecule has 0 heterocycles. The van der Waals surface area contributed by atoms with Crippen molar-refractivity contribution in [3.63, 3.8) is 0 Å². The number of hydrogen-bond acceptors (Lipinski definition) is 1. The van der Waals surface area contributed by atoms with Crippen LogP contribution in [0.1, 0.15) is 21.5 Å². The highest BCUT2D eigenvalue weighted by Crippen LogP contribution is 2.28. The standard InChI is InChI=1S/C22H16O/c23-22-20(15-19-8-4-5-9-21(19)22)14-16-10-12-18(13-11-16)17-6-2-1-3-7-17/h1-14H,15H2/b20-14+. The summed E-state index contributed by atoms with van der Waals surface area (Å²) in [6.45, 7) is 0. The van der Waals surface area contributed by atoms with E-state index in [1.165, 1.54) is 11.1 Å². The molecule has 1 heteroatoms. The van der Waals surface area contributed by atoms with Gasteiger partial charge in [-0.25, -0.2) is 0 Å². The molecule has 1 aliphatic carbocycles. The van der Waals surface area contributed by atoms with Crippen molar-refractivity contribution in [3.05, 3.63) is 101 Å². The van der Waals surface area contributed by atoms with Crippen molar-refractivity contribution < 1.29 is 4.79 Å². The van der Waals surface area contributed by atoms with Gasteiger partial charge in [0.25, 0.3) is 0 Å². The molecular weight excluding hydrogens is 280 g/mol. The molecule has 110 valence electrons. The van der Waals surface area contributed by atoms with Gasteiger partial charge in [-0.2, -0.15) is 0 Å². The summed E-state index contributed by atoms with van der Waals surface area (Å²) in [6, 6.07) is 26.5. The van der Waals surface area contributed by atoms with Crippen molar-refractivity contribution in [2.45, 2.75) is 6.42 Å². The van der Waals surface area contributed by atoms with E-state index in [0.29, 0.717) is 0 Å². The Balaban J connectivity index is 1.62. The smallest absolute Gasteiger partial charge is 0.189 e. The van der Waals surface area contributed by atoms with E-state index in [0.717, 1.165) is 28.7 Å². The molecule has 0 saturated heterocycles. The van der Waals surface area contributed by atoms with E-state index in [1.807, 2.05) is 48.5 Å². The molecule has 4 rings (SSSR count). The second-order valence-corrected chi connectivity index (χ2v) is 5.82. The summed E-state index contributed by atoms with van der Waals surface area (Å²) in [5.74, 6) is 0.160. The third kappa shape index (κ3) is 2.62. The summed E-state index contributed by atoms with van der Waals surface area (Å²) >= 11 is 0. The molecule has 1 nitrogen and oxygen atoms in total. The van der Waals surface area contributed by atoms with E-state index in [-0.39, 0.29) is 5.78 Å². The fourth-order valence-electron chi connectivity index (χ4n) is 3.07. The fourth-order valence-corrected chi connectivity index (χ4v) is 3.07. The van der Waals surface area contributed by atoms with Gasteiger partial charge in [-0.15, -0.1) is 0 Å². The maximum atomic E-state index is 12.4. The van der Waals surface area contributed by atoms with Gasteiger partial charge < -0.3 is 0 Å². The molecule has 0 atom stereocenters. The predicted octanol–water partition coefficient (Wildman–Crippen LogP) is 5.18. The second kappa shape index (κ2) is 5.69. The second-order valence-electron chi connectivity index (χ2n) is 5.82. The molecule has 0 radical (unpaired) electrons. The molecule has 3 aromatic rings. The lowest BCUT2D eigenvalue weighted by Crippen LogP contribution is -1.94. The van der Waals surface area contributed by atoms with Crippen molar-refractivity contribution >= 4 is 11.9 Å². The zero-order chi connectivity index (χ0) is 15.6. The van der Waals surface area contributed by atoms with Crippen LogP contribution < -0.4 is 0 Å². The van der Waals surface area contributed by atoms with Crippen molar-refractivity contribution in [2.24, 2.45) is 0 Å². The Hall–Kier alpha value is -2.93. The molecule has 0 spiro atoms. The first-order valence-corrected chi connectivity index (χ1v) is 7.80. The molecule has 0 unspecified atom stereocenters. The van der Waals surface area contributed by atoms with Crippen LogP contribution in [-0.4, -0.2) is 5.78 Å². The van der Waals surface area contributed by atoms with Crippen molar-refractivity contribution in [3.8, 4) is 11.1 Å². The summed E-state index contributed by atoms with van der Waals surface area (Å²) in [7, 11) is 0. The number of benzene rings is 3. The highest BCUT2D eigenvalue weighted by atomic mass is 16.1. The van der Waals surface area contributed by atoms with Crippen LogP contribution in [0, 0.1) is 0 Å². The van der Waals surface area contributed by atoms with Crippen molar-refractivity contribution in [1.29, 1.82) is 0 Å². The molecule has 0 N–H and O–H groups in total. The fraction of sp³-hybridized carbons (Fsp3) is 0.0455. The first-order valence-electron chi connectivity index (χ1n) is 7.80. The Bertz CT molecular complexity index is 887. The van der Waals surface area contributed by atoms with Crippen LogP contribution in [-0.2, 0) is 6.42 Å². The number of Topliss-reactive ketones (excluding diaryl/α,β-unsaturated/α-hetero) is 1. The van der Waals surface area contributed by atoms with Gasteiger partial charge >= 0.3 is 0 Å². The predicted molar refractivity (Wildman–Crippen MR) is 94.3 cm³/mol. The average molecular weight is 296 g/mol. The van der Waals surface area contributed by atoms with E-state index < -0.39 is 0 Å². The van der Waals surface area contributed by atoms with Crippen LogP contribution in [0.2, 0.25) is 0 Å². The third-order valence-corrected chi connectivity index (χ3v) is 4.29. The van der Waals surface area contributed by atoms with E-state index in [9.17, 15) is 4.79 Å². The number of carbonyl (C=O) groups is 1. The van der Waals surface area contributed by atoms with Crippen molar-refractivity contribution in [2.75, 3.05) is 0 Å². The lowest BCUT2D eigenvalue weighted by Gasteiger charge is -2.02. The number of ketones is 1. The molecule has 0 bridgehead atoms. The number of allylic oxidation sites excluding steroid dienone is 1. The Morgan fingerprint density at radius 1 is 0.696 bits per heavy atom. The Labute approximate surface area is 135 Å². The van der Waals surface area contributed by atoms with Gasteiger partial charge in [-0.1, -0.05) is 78.9 Å². The number of rotatable bonds is 2. The minimum atomic E-state index is 0.160. The lowest BCUT2D eigenvalue weighted by molar-refractivity contribution is 0.104. The highest BCUT2D eigenvalue weighted by molar-refractivity contribution is 6.15. The third-order valence-electron chi connectivity index (χ3n) is 4.29. The molecule has 3 aromatic carbocycles. The summed E-state index contributed by atoms with van der Waals surface area (Å²) in [6.07, 6.45) is 2.74. The number of fused-ring (bicyclic) bond motifs is 1. The minimum Gasteiger partial charge on any atom is -0.289 e. The Morgan fingerprint density at radius 3 is 2.09 bits per heavy atom. The van der Waals surface area contributed by atoms with Gasteiger partial charge in [-0.05, 0) is 28.3 Å². The van der Waals surface area contributed by atoms with Gasteiger partial charge in [0.05, 0.1) is 0 Å². The largest absolute Gasteiger partial charge is 0.289 e. The summed E-state index contributed by atoms with van der Waals surface area (Å²) in [4.78, 5) is 12.4. The van der Waals surface area contributed by atoms with Gasteiger partial charge in [0.15, 0.2) is 5.78 Å². The minimum absolute atomic E-state index is 0.160. The lowest BCUT2D eigenvalue weighted by atomic mass is 10.0. The van der Waals surface area contributed by atoms with Gasteiger partial charge in [0.2, 0.25) is 0 Å². The first kappa shape index (κ1) is 13.7. The number of hydrogen-bond donors (Lipinski definition) is 0. The molecule has 0 aliphatic heterocycles. The normalized spacial score (nSPS) is 15.0. The average Bonchev–Trinajstić information content (AvgIpc) is 2.93. The molecular formula is C22H16O. The van der Waals surface area contributed by atoms with E-state index in [2.05, 4.69) is 36.4 Å². The van der Waals surface area contributed by atoms with Crippen LogP contribution in [0.5, 0.6) is 0 Å². The zero-order valence-electron chi connectivity index (χ0n) is 12.7. The zero-order valence-corrected chi connectivity index (χ0v) is 12.7. The van der Waals surface area contributed by atoms with Crippen molar-refractivity contribution in [1.82, 2.24) is 0 Å². The van der Waals surface area contributed by atoms with Gasteiger partial charge in [0, 0.05) is 17.6 Å². The van der Waals surface area contributed by atoms with Gasteiger partial charge in [0.1, 0.15) is 0 Å². The maximum absolute atomic E-state index is 12.4. The molecule has 0 fully saturated rings. The van der Waals surface area contributed by atoms with E-state index in [4.69, 9.17) is 0 Å². The number of carbonyl (C=O) groups excluding carboxylic acids is 1. The maximum Gasteiger partial charge on any atom is 0.189 e. The van der Waals surface area contributed by atoms with Crippen LogP contribution in [0.25, 0.3) is 17.2 Å². The molecule has 1 aliphatic rings. The van der Waals surface area contributed by atoms with Crippen LogP contribution in [0.15, 0.2) is 84.4 Å². The topological polar surface area (TPSA) is 17.1 Å². The summed E-state index contributed by atoms with van der Waals surface area (Å²) in [5.41, 5.74) is 6.31. The Kier molecular flexibility index (Phi) is 3.39. The van der Waals surface area contributed by atoms with Crippen LogP contribution >= 0.6 is 0 Å².